The lowest BCUT2D eigenvalue weighted by Crippen LogP contribution is -2.32. The maximum Gasteiger partial charge on any atom is 0.193 e. The fourth-order valence-corrected chi connectivity index (χ4v) is 4.68. The van der Waals surface area contributed by atoms with Crippen LogP contribution in [0.1, 0.15) is 6.42 Å². The molecule has 2 aromatic heterocycles. The molecule has 4 heterocycles. The van der Waals surface area contributed by atoms with Crippen molar-refractivity contribution in [3.63, 3.8) is 0 Å². The van der Waals surface area contributed by atoms with Gasteiger partial charge in [-0.2, -0.15) is 0 Å². The van der Waals surface area contributed by atoms with Gasteiger partial charge in [0.1, 0.15) is 6.10 Å². The van der Waals surface area contributed by atoms with Gasteiger partial charge in [0.05, 0.1) is 34.5 Å². The molecule has 6 heteroatoms. The number of aromatic amines is 1. The van der Waals surface area contributed by atoms with Crippen molar-refractivity contribution in [1.29, 1.82) is 0 Å². The highest BCUT2D eigenvalue weighted by atomic mass is 35.5. The zero-order valence-corrected chi connectivity index (χ0v) is 17.5. The molecule has 2 aliphatic heterocycles. The Morgan fingerprint density at radius 1 is 0.935 bits per heavy atom. The highest BCUT2D eigenvalue weighted by molar-refractivity contribution is 6.33. The van der Waals surface area contributed by atoms with E-state index in [2.05, 4.69) is 41.4 Å². The predicted molar refractivity (Wildman–Crippen MR) is 120 cm³/mol. The highest BCUT2D eigenvalue weighted by Gasteiger charge is 2.43. The van der Waals surface area contributed by atoms with Gasteiger partial charge < -0.3 is 19.2 Å². The van der Waals surface area contributed by atoms with Gasteiger partial charge in [-0.15, -0.1) is 0 Å². The summed E-state index contributed by atoms with van der Waals surface area (Å²) in [6.07, 6.45) is 0.968. The lowest BCUT2D eigenvalue weighted by atomic mass is 10.0. The number of H-pyrrole nitrogens is 1. The van der Waals surface area contributed by atoms with Gasteiger partial charge in [0.25, 0.3) is 0 Å². The average Bonchev–Trinajstić information content (AvgIpc) is 3.51. The van der Waals surface area contributed by atoms with Crippen LogP contribution in [-0.4, -0.2) is 41.5 Å². The monoisotopic (exact) mass is 432 g/mol. The number of hydrogen-bond acceptors (Lipinski definition) is 4. The first-order chi connectivity index (χ1) is 15.2. The van der Waals surface area contributed by atoms with Crippen molar-refractivity contribution >= 4 is 22.6 Å². The first-order valence-corrected chi connectivity index (χ1v) is 10.9. The van der Waals surface area contributed by atoms with Crippen molar-refractivity contribution in [3.8, 4) is 28.3 Å². The first kappa shape index (κ1) is 18.9. The Balaban J connectivity index is 1.28. The minimum Gasteiger partial charge on any atom is -0.470 e. The molecule has 31 heavy (non-hydrogen) atoms. The molecule has 2 fully saturated rings. The van der Waals surface area contributed by atoms with E-state index in [1.54, 1.807) is 0 Å². The van der Waals surface area contributed by atoms with Gasteiger partial charge in [-0.1, -0.05) is 66.2 Å². The van der Waals surface area contributed by atoms with Gasteiger partial charge in [-0.25, -0.2) is 4.98 Å². The number of nitrogens with zero attached hydrogens (tertiary/aromatic N) is 1. The van der Waals surface area contributed by atoms with Crippen LogP contribution in [0.2, 0.25) is 5.02 Å². The Labute approximate surface area is 184 Å². The minimum absolute atomic E-state index is 0.00153. The van der Waals surface area contributed by atoms with Crippen molar-refractivity contribution < 1.29 is 14.2 Å². The molecule has 2 aliphatic rings. The number of halogens is 1. The van der Waals surface area contributed by atoms with Crippen molar-refractivity contribution in [2.45, 2.75) is 24.7 Å². The van der Waals surface area contributed by atoms with Crippen LogP contribution in [-0.2, 0) is 9.47 Å². The molecule has 5 nitrogen and oxygen atoms in total. The third-order valence-corrected chi connectivity index (χ3v) is 6.28. The number of ether oxygens (including phenoxy) is 3. The highest BCUT2D eigenvalue weighted by Crippen LogP contribution is 2.34. The van der Waals surface area contributed by atoms with Crippen LogP contribution in [0.25, 0.3) is 33.4 Å². The molecule has 0 radical (unpaired) electrons. The van der Waals surface area contributed by atoms with Crippen molar-refractivity contribution in [1.82, 2.24) is 9.97 Å². The van der Waals surface area contributed by atoms with Crippen LogP contribution in [0.15, 0.2) is 66.7 Å². The SMILES string of the molecule is Clc1cc2[nH]c(OC3CO[C@@H]4CCO[C@H]34)cc2nc1-c1ccc(-c2ccccc2)cc1. The number of benzene rings is 2. The van der Waals surface area contributed by atoms with Crippen molar-refractivity contribution in [2.24, 2.45) is 0 Å². The Kier molecular flexibility index (Phi) is 4.68. The van der Waals surface area contributed by atoms with Gasteiger partial charge >= 0.3 is 0 Å². The van der Waals surface area contributed by atoms with E-state index in [0.29, 0.717) is 17.5 Å². The molecule has 1 unspecified atom stereocenters. The van der Waals surface area contributed by atoms with Gasteiger partial charge in [-0.3, -0.25) is 0 Å². The molecule has 3 atom stereocenters. The summed E-state index contributed by atoms with van der Waals surface area (Å²) in [5.41, 5.74) is 5.71. The molecule has 4 aromatic rings. The lowest BCUT2D eigenvalue weighted by Gasteiger charge is -2.16. The van der Waals surface area contributed by atoms with Crippen molar-refractivity contribution in [2.75, 3.05) is 13.2 Å². The van der Waals surface area contributed by atoms with Gasteiger partial charge in [-0.05, 0) is 23.6 Å². The standard InChI is InChI=1S/C25H21ClN2O3/c26-18-12-19-20(13-23(27-19)31-22-14-30-21-10-11-29-25(21)22)28-24(18)17-8-6-16(7-9-17)15-4-2-1-3-5-15/h1-9,12-13,21-22,25,27H,10-11,14H2/t21-,22?,25+/m1/s1. The summed E-state index contributed by atoms with van der Waals surface area (Å²) in [7, 11) is 0. The number of aromatic nitrogens is 2. The maximum atomic E-state index is 6.58. The Hall–Kier alpha value is -2.86. The molecule has 1 N–H and O–H groups in total. The number of fused-ring (bicyclic) bond motifs is 2. The van der Waals surface area contributed by atoms with Crippen LogP contribution < -0.4 is 4.74 Å². The smallest absolute Gasteiger partial charge is 0.193 e. The van der Waals surface area contributed by atoms with Crippen LogP contribution in [0, 0.1) is 0 Å². The molecule has 0 saturated carbocycles. The second-order valence-electron chi connectivity index (χ2n) is 7.98. The molecule has 0 aliphatic carbocycles. The number of pyridine rings is 1. The van der Waals surface area contributed by atoms with Gasteiger partial charge in [0, 0.05) is 18.2 Å². The molecule has 0 spiro atoms. The molecule has 6 rings (SSSR count). The Bertz CT molecular complexity index is 1220. The summed E-state index contributed by atoms with van der Waals surface area (Å²) in [6.45, 7) is 1.27. The normalized spacial score (nSPS) is 22.7. The average molecular weight is 433 g/mol. The summed E-state index contributed by atoms with van der Waals surface area (Å²) in [5, 5.41) is 0.594. The Morgan fingerprint density at radius 3 is 2.55 bits per heavy atom. The molecule has 0 bridgehead atoms. The Morgan fingerprint density at radius 2 is 1.71 bits per heavy atom. The van der Waals surface area contributed by atoms with Gasteiger partial charge in [0.15, 0.2) is 12.0 Å². The fraction of sp³-hybridized carbons (Fsp3) is 0.240. The summed E-state index contributed by atoms with van der Waals surface area (Å²) >= 11 is 6.58. The third kappa shape index (κ3) is 3.49. The molecule has 156 valence electrons. The van der Waals surface area contributed by atoms with E-state index in [-0.39, 0.29) is 18.3 Å². The van der Waals surface area contributed by atoms with E-state index in [1.165, 1.54) is 5.56 Å². The number of rotatable bonds is 4. The lowest BCUT2D eigenvalue weighted by molar-refractivity contribution is 0.0292. The quantitative estimate of drug-likeness (QED) is 0.463. The summed E-state index contributed by atoms with van der Waals surface area (Å²) in [4.78, 5) is 8.08. The molecule has 0 amide bonds. The van der Waals surface area contributed by atoms with Crippen molar-refractivity contribution in [3.05, 3.63) is 71.8 Å². The minimum atomic E-state index is -0.110. The van der Waals surface area contributed by atoms with E-state index in [0.717, 1.165) is 40.9 Å². The van der Waals surface area contributed by atoms with E-state index in [9.17, 15) is 0 Å². The number of nitrogens with one attached hydrogen (secondary N) is 1. The van der Waals surface area contributed by atoms with E-state index in [4.69, 9.17) is 30.8 Å². The van der Waals surface area contributed by atoms with Gasteiger partial charge in [0.2, 0.25) is 0 Å². The van der Waals surface area contributed by atoms with Crippen LogP contribution in [0.3, 0.4) is 0 Å². The molecular formula is C25H21ClN2O3. The predicted octanol–water partition coefficient (Wildman–Crippen LogP) is 5.49. The largest absolute Gasteiger partial charge is 0.470 e. The topological polar surface area (TPSA) is 56.4 Å². The van der Waals surface area contributed by atoms with E-state index in [1.807, 2.05) is 30.3 Å². The zero-order chi connectivity index (χ0) is 20.8. The summed E-state index contributed by atoms with van der Waals surface area (Å²) in [6, 6.07) is 22.4. The number of hydrogen-bond donors (Lipinski definition) is 1. The maximum absolute atomic E-state index is 6.58. The zero-order valence-electron chi connectivity index (χ0n) is 16.8. The second kappa shape index (κ2) is 7.68. The molecular weight excluding hydrogens is 412 g/mol. The van der Waals surface area contributed by atoms with Crippen LogP contribution >= 0.6 is 11.6 Å². The van der Waals surface area contributed by atoms with Crippen LogP contribution in [0.4, 0.5) is 0 Å². The summed E-state index contributed by atoms with van der Waals surface area (Å²) in [5.74, 6) is 0.653. The first-order valence-electron chi connectivity index (χ1n) is 10.5. The van der Waals surface area contributed by atoms with Crippen LogP contribution in [0.5, 0.6) is 5.88 Å². The third-order valence-electron chi connectivity index (χ3n) is 6.00. The summed E-state index contributed by atoms with van der Waals surface area (Å²) < 4.78 is 17.7. The fourth-order valence-electron chi connectivity index (χ4n) is 4.42. The second-order valence-corrected chi connectivity index (χ2v) is 8.39. The molecule has 2 aromatic carbocycles. The molecule has 2 saturated heterocycles. The van der Waals surface area contributed by atoms with E-state index < -0.39 is 0 Å². The van der Waals surface area contributed by atoms with E-state index >= 15 is 0 Å².